The molecule has 1 fully saturated rings. The molecule has 3 N–H and O–H groups in total. The molecule has 2 unspecified atom stereocenters. The van der Waals surface area contributed by atoms with Gasteiger partial charge in [-0.25, -0.2) is 9.97 Å². The maximum atomic E-state index is 6.27. The van der Waals surface area contributed by atoms with Gasteiger partial charge in [0, 0.05) is 23.3 Å². The second-order valence-electron chi connectivity index (χ2n) is 5.55. The van der Waals surface area contributed by atoms with Crippen molar-refractivity contribution in [2.75, 3.05) is 5.32 Å². The Morgan fingerprint density at radius 1 is 1.06 bits per heavy atom. The van der Waals surface area contributed by atoms with E-state index >= 15 is 0 Å². The van der Waals surface area contributed by atoms with Gasteiger partial charge in [-0.2, -0.15) is 0 Å². The smallest absolute Gasteiger partial charge is 0.133 e. The number of nitrogens with two attached hydrogens (primary N) is 1. The minimum atomic E-state index is 0.263. The summed E-state index contributed by atoms with van der Waals surface area (Å²) in [7, 11) is 0. The van der Waals surface area contributed by atoms with E-state index in [2.05, 4.69) is 15.3 Å². The van der Waals surface area contributed by atoms with Gasteiger partial charge in [0.25, 0.3) is 0 Å². The van der Waals surface area contributed by atoms with Crippen molar-refractivity contribution < 1.29 is 0 Å². The Bertz CT molecular complexity index is 418. The fourth-order valence-electron chi connectivity index (χ4n) is 3.18. The van der Waals surface area contributed by atoms with Crippen LogP contribution < -0.4 is 11.1 Å². The number of hydrogen-bond donors (Lipinski definition) is 2. The van der Waals surface area contributed by atoms with E-state index in [0.717, 1.165) is 25.1 Å². The molecule has 1 aromatic rings. The average molecular weight is 246 g/mol. The molecule has 2 atom stereocenters. The average Bonchev–Trinajstić information content (AvgIpc) is 2.77. The zero-order valence-electron chi connectivity index (χ0n) is 10.9. The van der Waals surface area contributed by atoms with Gasteiger partial charge in [0.05, 0.1) is 0 Å². The molecule has 4 heteroatoms. The predicted octanol–water partition coefficient (Wildman–Crippen LogP) is 2.04. The van der Waals surface area contributed by atoms with Crippen LogP contribution in [0, 0.1) is 0 Å². The van der Waals surface area contributed by atoms with E-state index in [1.165, 1.54) is 43.4 Å². The van der Waals surface area contributed by atoms with Gasteiger partial charge in [0.2, 0.25) is 0 Å². The van der Waals surface area contributed by atoms with Crippen molar-refractivity contribution in [1.29, 1.82) is 0 Å². The maximum Gasteiger partial charge on any atom is 0.133 e. The van der Waals surface area contributed by atoms with Crippen molar-refractivity contribution in [3.63, 3.8) is 0 Å². The summed E-state index contributed by atoms with van der Waals surface area (Å²) >= 11 is 0. The Kier molecular flexibility index (Phi) is 3.46. The number of aryl methyl sites for hydroxylation is 1. The minimum Gasteiger partial charge on any atom is -0.365 e. The molecule has 0 amide bonds. The summed E-state index contributed by atoms with van der Waals surface area (Å²) in [5, 5.41) is 3.59. The predicted molar refractivity (Wildman–Crippen MR) is 72.5 cm³/mol. The molecule has 0 spiro atoms. The molecule has 1 saturated carbocycles. The molecule has 4 nitrogen and oxygen atoms in total. The van der Waals surface area contributed by atoms with Gasteiger partial charge in [0.1, 0.15) is 12.1 Å². The van der Waals surface area contributed by atoms with E-state index in [0.29, 0.717) is 6.04 Å². The third-order valence-electron chi connectivity index (χ3n) is 4.27. The second kappa shape index (κ2) is 5.22. The number of nitrogens with zero attached hydrogens (tertiary/aromatic N) is 2. The van der Waals surface area contributed by atoms with Crippen LogP contribution in [0.25, 0.3) is 0 Å². The van der Waals surface area contributed by atoms with E-state index in [1.807, 2.05) is 0 Å². The van der Waals surface area contributed by atoms with E-state index in [9.17, 15) is 0 Å². The SMILES string of the molecule is NC1CCCCCC1Nc1ncnc2c1CCC2. The lowest BCUT2D eigenvalue weighted by atomic mass is 10.0. The lowest BCUT2D eigenvalue weighted by Gasteiger charge is -2.24. The highest BCUT2D eigenvalue weighted by molar-refractivity contribution is 5.48. The van der Waals surface area contributed by atoms with Crippen LogP contribution in [0.4, 0.5) is 5.82 Å². The van der Waals surface area contributed by atoms with Crippen LogP contribution in [-0.4, -0.2) is 22.1 Å². The zero-order valence-corrected chi connectivity index (χ0v) is 10.9. The Balaban J connectivity index is 1.77. The van der Waals surface area contributed by atoms with E-state index in [-0.39, 0.29) is 6.04 Å². The van der Waals surface area contributed by atoms with Crippen LogP contribution >= 0.6 is 0 Å². The molecule has 18 heavy (non-hydrogen) atoms. The van der Waals surface area contributed by atoms with E-state index in [1.54, 1.807) is 6.33 Å². The van der Waals surface area contributed by atoms with Crippen LogP contribution in [0.3, 0.4) is 0 Å². The van der Waals surface area contributed by atoms with Gasteiger partial charge < -0.3 is 11.1 Å². The molecule has 2 aliphatic rings. The zero-order chi connectivity index (χ0) is 12.4. The molecule has 98 valence electrons. The lowest BCUT2D eigenvalue weighted by Crippen LogP contribution is -2.39. The molecule has 0 aromatic carbocycles. The maximum absolute atomic E-state index is 6.27. The number of anilines is 1. The normalized spacial score (nSPS) is 27.6. The quantitative estimate of drug-likeness (QED) is 0.784. The number of fused-ring (bicyclic) bond motifs is 1. The number of aromatic nitrogens is 2. The molecule has 1 aromatic heterocycles. The number of nitrogens with one attached hydrogen (secondary N) is 1. The monoisotopic (exact) mass is 246 g/mol. The standard InChI is InChI=1S/C14H22N4/c15-11-6-2-1-3-7-13(11)18-14-10-5-4-8-12(10)16-9-17-14/h9,11,13H,1-8,15H2,(H,16,17,18). The Labute approximate surface area is 108 Å². The topological polar surface area (TPSA) is 63.8 Å². The van der Waals surface area contributed by atoms with E-state index in [4.69, 9.17) is 5.73 Å². The Morgan fingerprint density at radius 2 is 1.94 bits per heavy atom. The van der Waals surface area contributed by atoms with Crippen molar-refractivity contribution in [3.05, 3.63) is 17.6 Å². The first kappa shape index (κ1) is 11.9. The molecule has 3 rings (SSSR count). The highest BCUT2D eigenvalue weighted by atomic mass is 15.1. The van der Waals surface area contributed by atoms with E-state index < -0.39 is 0 Å². The van der Waals surface area contributed by atoms with Crippen molar-refractivity contribution >= 4 is 5.82 Å². The summed E-state index contributed by atoms with van der Waals surface area (Å²) in [6, 6.07) is 0.645. The van der Waals surface area contributed by atoms with Crippen molar-refractivity contribution in [2.24, 2.45) is 5.73 Å². The van der Waals surface area contributed by atoms with Gasteiger partial charge in [-0.1, -0.05) is 19.3 Å². The van der Waals surface area contributed by atoms with Crippen molar-refractivity contribution in [2.45, 2.75) is 63.5 Å². The first-order valence-electron chi connectivity index (χ1n) is 7.19. The molecule has 1 heterocycles. The Morgan fingerprint density at radius 3 is 2.89 bits per heavy atom. The second-order valence-corrected chi connectivity index (χ2v) is 5.55. The summed E-state index contributed by atoms with van der Waals surface area (Å²) in [6.45, 7) is 0. The number of hydrogen-bond acceptors (Lipinski definition) is 4. The highest BCUT2D eigenvalue weighted by Gasteiger charge is 2.23. The Hall–Kier alpha value is -1.16. The van der Waals surface area contributed by atoms with Crippen molar-refractivity contribution in [1.82, 2.24) is 9.97 Å². The summed E-state index contributed by atoms with van der Waals surface area (Å²) < 4.78 is 0. The van der Waals surface area contributed by atoms with Crippen LogP contribution in [0.1, 0.15) is 49.8 Å². The van der Waals surface area contributed by atoms with Crippen LogP contribution in [0.5, 0.6) is 0 Å². The first-order chi connectivity index (χ1) is 8.84. The molecular formula is C14H22N4. The van der Waals surface area contributed by atoms with Gasteiger partial charge in [-0.15, -0.1) is 0 Å². The summed E-state index contributed by atoms with van der Waals surface area (Å²) in [5.74, 6) is 1.04. The van der Waals surface area contributed by atoms with Gasteiger partial charge in [0.15, 0.2) is 0 Å². The van der Waals surface area contributed by atoms with Gasteiger partial charge in [-0.05, 0) is 32.1 Å². The highest BCUT2D eigenvalue weighted by Crippen LogP contribution is 2.27. The third-order valence-corrected chi connectivity index (χ3v) is 4.27. The summed E-state index contributed by atoms with van der Waals surface area (Å²) in [5.41, 5.74) is 8.83. The lowest BCUT2D eigenvalue weighted by molar-refractivity contribution is 0.526. The van der Waals surface area contributed by atoms with Gasteiger partial charge >= 0.3 is 0 Å². The largest absolute Gasteiger partial charge is 0.365 e. The molecule has 0 radical (unpaired) electrons. The summed E-state index contributed by atoms with van der Waals surface area (Å²) in [6.07, 6.45) is 11.3. The molecule has 0 bridgehead atoms. The molecular weight excluding hydrogens is 224 g/mol. The first-order valence-corrected chi connectivity index (χ1v) is 7.19. The van der Waals surface area contributed by atoms with Crippen molar-refractivity contribution in [3.8, 4) is 0 Å². The third kappa shape index (κ3) is 2.34. The molecule has 2 aliphatic carbocycles. The molecule has 0 saturated heterocycles. The molecule has 0 aliphatic heterocycles. The van der Waals surface area contributed by atoms with Crippen LogP contribution in [0.15, 0.2) is 6.33 Å². The fourth-order valence-corrected chi connectivity index (χ4v) is 3.18. The van der Waals surface area contributed by atoms with Gasteiger partial charge in [-0.3, -0.25) is 0 Å². The fraction of sp³-hybridized carbons (Fsp3) is 0.714. The van der Waals surface area contributed by atoms with Crippen LogP contribution in [0.2, 0.25) is 0 Å². The number of rotatable bonds is 2. The van der Waals surface area contributed by atoms with Crippen LogP contribution in [-0.2, 0) is 12.8 Å². The minimum absolute atomic E-state index is 0.263. The summed E-state index contributed by atoms with van der Waals surface area (Å²) in [4.78, 5) is 8.80.